The van der Waals surface area contributed by atoms with Gasteiger partial charge in [-0.2, -0.15) is 13.2 Å². The number of aliphatic hydroxyl groups excluding tert-OH is 1. The van der Waals surface area contributed by atoms with E-state index in [1.165, 1.54) is 12.1 Å². The van der Waals surface area contributed by atoms with Gasteiger partial charge in [0.25, 0.3) is 0 Å². The maximum absolute atomic E-state index is 14.0. The van der Waals surface area contributed by atoms with Crippen molar-refractivity contribution in [2.75, 3.05) is 29.9 Å². The number of aliphatic hydroxyl groups is 1. The summed E-state index contributed by atoms with van der Waals surface area (Å²) in [4.78, 5) is 29.1. The lowest BCUT2D eigenvalue weighted by Crippen LogP contribution is -2.50. The van der Waals surface area contributed by atoms with Crippen LogP contribution in [0, 0.1) is 11.3 Å². The molecular formula is C25H34F3N3O3. The monoisotopic (exact) mass is 481 g/mol. The lowest BCUT2D eigenvalue weighted by atomic mass is 9.78. The second-order valence-corrected chi connectivity index (χ2v) is 10.4. The number of nitrogens with zero attached hydrogens (tertiary/aromatic N) is 2. The summed E-state index contributed by atoms with van der Waals surface area (Å²) in [6.07, 6.45) is -0.0159. The number of nitrogens with one attached hydrogen (secondary N) is 1. The predicted molar refractivity (Wildman–Crippen MR) is 123 cm³/mol. The maximum atomic E-state index is 14.0. The quantitative estimate of drug-likeness (QED) is 0.668. The van der Waals surface area contributed by atoms with Crippen LogP contribution < -0.4 is 10.2 Å². The fourth-order valence-corrected chi connectivity index (χ4v) is 5.69. The van der Waals surface area contributed by atoms with Crippen LogP contribution in [0.4, 0.5) is 24.5 Å². The van der Waals surface area contributed by atoms with Crippen LogP contribution in [0.1, 0.15) is 64.4 Å². The Morgan fingerprint density at radius 2 is 1.85 bits per heavy atom. The number of amides is 2. The Morgan fingerprint density at radius 3 is 2.50 bits per heavy atom. The largest absolute Gasteiger partial charge is 0.418 e. The number of alkyl halides is 3. The summed E-state index contributed by atoms with van der Waals surface area (Å²) < 4.78 is 42.1. The standard InChI is InChI=1S/C25H34F3N3O3/c1-16(2)22(33)29-17-4-9-21(20(14-17)25(26,27)28)30-12-3-10-24(15-30)11-13-31(23(24)34)18-5-7-19(32)8-6-18/h4,9,14,16,18-19,32H,3,5-8,10-13,15H2,1-2H3,(H,29,33)/t18-,19-,24-/m0/s1. The van der Waals surface area contributed by atoms with Crippen LogP contribution in [0.5, 0.6) is 0 Å². The third-order valence-corrected chi connectivity index (χ3v) is 7.66. The van der Waals surface area contributed by atoms with Gasteiger partial charge in [0.15, 0.2) is 0 Å². The van der Waals surface area contributed by atoms with Crippen LogP contribution in [0.25, 0.3) is 0 Å². The van der Waals surface area contributed by atoms with Crippen molar-refractivity contribution in [1.82, 2.24) is 4.90 Å². The number of carbonyl (C=O) groups is 2. The van der Waals surface area contributed by atoms with Crippen LogP contribution in [0.3, 0.4) is 0 Å². The minimum atomic E-state index is -4.59. The molecule has 1 aromatic rings. The van der Waals surface area contributed by atoms with Gasteiger partial charge in [0.2, 0.25) is 11.8 Å². The number of rotatable bonds is 4. The SMILES string of the molecule is CC(C)C(=O)Nc1ccc(N2CCC[C@]3(CCN([C@H]4CC[C@H](O)CC4)C3=O)C2)c(C(F)(F)F)c1. The van der Waals surface area contributed by atoms with E-state index >= 15 is 0 Å². The molecule has 0 aromatic heterocycles. The number of piperidine rings is 1. The Bertz CT molecular complexity index is 928. The van der Waals surface area contributed by atoms with Crippen molar-refractivity contribution >= 4 is 23.2 Å². The van der Waals surface area contributed by atoms with Gasteiger partial charge >= 0.3 is 6.18 Å². The number of benzene rings is 1. The van der Waals surface area contributed by atoms with E-state index in [1.54, 1.807) is 18.7 Å². The van der Waals surface area contributed by atoms with Crippen LogP contribution in [0.2, 0.25) is 0 Å². The van der Waals surface area contributed by atoms with E-state index in [0.29, 0.717) is 45.2 Å². The maximum Gasteiger partial charge on any atom is 0.418 e. The Hall–Kier alpha value is -2.29. The van der Waals surface area contributed by atoms with Gasteiger partial charge in [-0.15, -0.1) is 0 Å². The minimum absolute atomic E-state index is 0.0490. The highest BCUT2D eigenvalue weighted by atomic mass is 19.4. The molecule has 0 bridgehead atoms. The molecule has 3 aliphatic rings. The van der Waals surface area contributed by atoms with Crippen molar-refractivity contribution in [3.63, 3.8) is 0 Å². The lowest BCUT2D eigenvalue weighted by Gasteiger charge is -2.42. The van der Waals surface area contributed by atoms with E-state index < -0.39 is 17.2 Å². The third kappa shape index (κ3) is 4.90. The Morgan fingerprint density at radius 1 is 1.15 bits per heavy atom. The van der Waals surface area contributed by atoms with Gasteiger partial charge in [0, 0.05) is 43.0 Å². The molecule has 1 aliphatic carbocycles. The molecule has 2 N–H and O–H groups in total. The first-order valence-electron chi connectivity index (χ1n) is 12.3. The molecule has 4 rings (SSSR count). The topological polar surface area (TPSA) is 72.9 Å². The first-order chi connectivity index (χ1) is 16.0. The van der Waals surface area contributed by atoms with E-state index in [0.717, 1.165) is 18.9 Å². The lowest BCUT2D eigenvalue weighted by molar-refractivity contribution is -0.139. The summed E-state index contributed by atoms with van der Waals surface area (Å²) >= 11 is 0. The fraction of sp³-hybridized carbons (Fsp3) is 0.680. The van der Waals surface area contributed by atoms with E-state index in [2.05, 4.69) is 5.32 Å². The zero-order valence-electron chi connectivity index (χ0n) is 19.8. The number of likely N-dealkylation sites (tertiary alicyclic amines) is 1. The van der Waals surface area contributed by atoms with Gasteiger partial charge in [-0.05, 0) is 63.1 Å². The molecule has 34 heavy (non-hydrogen) atoms. The molecule has 2 heterocycles. The molecule has 6 nitrogen and oxygen atoms in total. The van der Waals surface area contributed by atoms with Gasteiger partial charge in [-0.25, -0.2) is 0 Å². The van der Waals surface area contributed by atoms with E-state index in [9.17, 15) is 27.9 Å². The average molecular weight is 482 g/mol. The van der Waals surface area contributed by atoms with Crippen molar-refractivity contribution in [1.29, 1.82) is 0 Å². The number of carbonyl (C=O) groups excluding carboxylic acids is 2. The summed E-state index contributed by atoms with van der Waals surface area (Å²) in [6, 6.07) is 4.02. The van der Waals surface area contributed by atoms with Gasteiger partial charge in [0.1, 0.15) is 0 Å². The number of hydrogen-bond donors (Lipinski definition) is 2. The predicted octanol–water partition coefficient (Wildman–Crippen LogP) is 4.42. The second-order valence-electron chi connectivity index (χ2n) is 10.4. The van der Waals surface area contributed by atoms with Gasteiger partial charge in [0.05, 0.1) is 17.1 Å². The van der Waals surface area contributed by atoms with Gasteiger partial charge < -0.3 is 20.2 Å². The Kier molecular flexibility index (Phi) is 6.86. The first kappa shape index (κ1) is 24.8. The van der Waals surface area contributed by atoms with Crippen LogP contribution >= 0.6 is 0 Å². The van der Waals surface area contributed by atoms with Crippen molar-refractivity contribution < 1.29 is 27.9 Å². The average Bonchev–Trinajstić information content (AvgIpc) is 3.09. The number of halogens is 3. The molecule has 0 radical (unpaired) electrons. The molecule has 2 aliphatic heterocycles. The number of anilines is 2. The van der Waals surface area contributed by atoms with E-state index in [1.807, 2.05) is 4.90 Å². The summed E-state index contributed by atoms with van der Waals surface area (Å²) in [7, 11) is 0. The fourth-order valence-electron chi connectivity index (χ4n) is 5.69. The van der Waals surface area contributed by atoms with Gasteiger partial charge in [-0.3, -0.25) is 9.59 Å². The molecule has 3 fully saturated rings. The summed E-state index contributed by atoms with van der Waals surface area (Å²) in [6.45, 7) is 4.70. The molecule has 2 saturated heterocycles. The highest BCUT2D eigenvalue weighted by molar-refractivity contribution is 5.92. The third-order valence-electron chi connectivity index (χ3n) is 7.66. The van der Waals surface area contributed by atoms with Crippen molar-refractivity contribution in [3.05, 3.63) is 23.8 Å². The zero-order chi connectivity index (χ0) is 24.7. The molecular weight excluding hydrogens is 447 g/mol. The normalized spacial score (nSPS) is 28.1. The summed E-state index contributed by atoms with van der Waals surface area (Å²) in [5.41, 5.74) is -1.29. The zero-order valence-corrected chi connectivity index (χ0v) is 19.8. The molecule has 1 atom stereocenters. The first-order valence-corrected chi connectivity index (χ1v) is 12.3. The van der Waals surface area contributed by atoms with Crippen LogP contribution in [-0.4, -0.2) is 53.6 Å². The second kappa shape index (κ2) is 9.40. The molecule has 2 amide bonds. The molecule has 1 aromatic carbocycles. The van der Waals surface area contributed by atoms with E-state index in [4.69, 9.17) is 0 Å². The molecule has 1 saturated carbocycles. The highest BCUT2D eigenvalue weighted by Gasteiger charge is 2.51. The molecule has 188 valence electrons. The van der Waals surface area contributed by atoms with Crippen molar-refractivity contribution in [2.45, 2.75) is 77.1 Å². The van der Waals surface area contributed by atoms with Crippen LogP contribution in [-0.2, 0) is 15.8 Å². The van der Waals surface area contributed by atoms with Crippen LogP contribution in [0.15, 0.2) is 18.2 Å². The Labute approximate surface area is 198 Å². The summed E-state index contributed by atoms with van der Waals surface area (Å²) in [5, 5.41) is 12.3. The smallest absolute Gasteiger partial charge is 0.393 e. The molecule has 9 heteroatoms. The van der Waals surface area contributed by atoms with Gasteiger partial charge in [-0.1, -0.05) is 13.8 Å². The Balaban J connectivity index is 1.56. The number of hydrogen-bond acceptors (Lipinski definition) is 4. The highest BCUT2D eigenvalue weighted by Crippen LogP contribution is 2.46. The summed E-state index contributed by atoms with van der Waals surface area (Å²) in [5.74, 6) is -0.641. The molecule has 0 unspecified atom stereocenters. The van der Waals surface area contributed by atoms with Crippen molar-refractivity contribution in [3.8, 4) is 0 Å². The van der Waals surface area contributed by atoms with E-state index in [-0.39, 0.29) is 47.8 Å². The molecule has 1 spiro atoms. The van der Waals surface area contributed by atoms with Crippen molar-refractivity contribution in [2.24, 2.45) is 11.3 Å². The minimum Gasteiger partial charge on any atom is -0.393 e.